The van der Waals surface area contributed by atoms with Crippen LogP contribution in [0.15, 0.2) is 36.4 Å². The van der Waals surface area contributed by atoms with E-state index in [-0.39, 0.29) is 11.3 Å². The Labute approximate surface area is 231 Å². The van der Waals surface area contributed by atoms with Crippen LogP contribution in [0, 0.1) is 31.0 Å². The van der Waals surface area contributed by atoms with E-state index in [2.05, 4.69) is 16.4 Å². The fraction of sp³-hybridized carbons (Fsp3) is 0.333. The SMILES string of the molecule is Cc1nc2cc(Nc3cccc(C#N)c3)nn2c(-c2cc(F)c3c(c2C)CCCO3)c1[C@H](OC(C)(C)C)C(=O)O. The third-order valence-corrected chi connectivity index (χ3v) is 6.74. The van der Waals surface area contributed by atoms with Crippen molar-refractivity contribution in [3.63, 3.8) is 0 Å². The standard InChI is InChI=1S/C30H30FN5O4/c1-16-20-10-7-11-39-27(20)22(31)13-21(16)26-25(28(29(37)38)40-30(3,4)5)17(2)33-24-14-23(35-36(24)26)34-19-9-6-8-18(12-19)15-32/h6,8-9,12-14,28H,7,10-11H2,1-5H3,(H,34,35)(H,37,38)/t28-/m0/s1. The summed E-state index contributed by atoms with van der Waals surface area (Å²) in [5.41, 5.74) is 3.86. The van der Waals surface area contributed by atoms with Crippen LogP contribution in [0.3, 0.4) is 0 Å². The normalized spacial score (nSPS) is 13.8. The summed E-state index contributed by atoms with van der Waals surface area (Å²) in [6, 6.07) is 12.1. The number of aliphatic carboxylic acids is 1. The lowest BCUT2D eigenvalue weighted by Gasteiger charge is -2.28. The molecule has 2 N–H and O–H groups in total. The molecule has 10 heteroatoms. The highest BCUT2D eigenvalue weighted by Gasteiger charge is 2.34. The van der Waals surface area contributed by atoms with Crippen LogP contribution in [0.5, 0.6) is 5.75 Å². The Morgan fingerprint density at radius 2 is 2.05 bits per heavy atom. The second kappa shape index (κ2) is 10.2. The van der Waals surface area contributed by atoms with E-state index in [9.17, 15) is 15.2 Å². The molecule has 206 valence electrons. The predicted octanol–water partition coefficient (Wildman–Crippen LogP) is 6.03. The number of halogens is 1. The second-order valence-corrected chi connectivity index (χ2v) is 10.8. The Kier molecular flexibility index (Phi) is 6.94. The van der Waals surface area contributed by atoms with Gasteiger partial charge in [-0.05, 0) is 77.3 Å². The maximum atomic E-state index is 15.5. The number of benzene rings is 2. The van der Waals surface area contributed by atoms with Crippen LogP contribution in [0.25, 0.3) is 16.9 Å². The number of carbonyl (C=O) groups is 1. The summed E-state index contributed by atoms with van der Waals surface area (Å²) in [5, 5.41) is 27.5. The number of rotatable bonds is 6. The summed E-state index contributed by atoms with van der Waals surface area (Å²) in [5.74, 6) is -1.06. The quantitative estimate of drug-likeness (QED) is 0.302. The zero-order valence-electron chi connectivity index (χ0n) is 23.0. The minimum atomic E-state index is -1.39. The molecule has 0 unspecified atom stereocenters. The summed E-state index contributed by atoms with van der Waals surface area (Å²) in [4.78, 5) is 17.3. The fourth-order valence-electron chi connectivity index (χ4n) is 5.07. The minimum absolute atomic E-state index is 0.233. The molecular formula is C30H30FN5O4. The van der Waals surface area contributed by atoms with Crippen molar-refractivity contribution in [1.29, 1.82) is 5.26 Å². The molecule has 0 saturated carbocycles. The van der Waals surface area contributed by atoms with Gasteiger partial charge < -0.3 is 19.9 Å². The first-order valence-electron chi connectivity index (χ1n) is 13.0. The average molecular weight is 544 g/mol. The first kappa shape index (κ1) is 27.1. The van der Waals surface area contributed by atoms with Crippen LogP contribution in [-0.4, -0.2) is 37.9 Å². The molecule has 0 aliphatic carbocycles. The molecule has 2 aromatic heterocycles. The molecule has 0 spiro atoms. The van der Waals surface area contributed by atoms with Gasteiger partial charge in [0, 0.05) is 34.1 Å². The molecule has 0 saturated heterocycles. The molecule has 0 bridgehead atoms. The summed E-state index contributed by atoms with van der Waals surface area (Å²) in [6.07, 6.45) is -0.0117. The number of carboxylic acid groups (broad SMARTS) is 1. The Morgan fingerprint density at radius 1 is 1.27 bits per heavy atom. The number of fused-ring (bicyclic) bond motifs is 2. The van der Waals surface area contributed by atoms with Crippen molar-refractivity contribution in [2.75, 3.05) is 11.9 Å². The predicted molar refractivity (Wildman–Crippen MR) is 147 cm³/mol. The van der Waals surface area contributed by atoms with E-state index in [0.717, 1.165) is 17.5 Å². The first-order chi connectivity index (χ1) is 19.0. The summed E-state index contributed by atoms with van der Waals surface area (Å²) < 4.78 is 28.7. The van der Waals surface area contributed by atoms with Gasteiger partial charge in [-0.25, -0.2) is 18.7 Å². The minimum Gasteiger partial charge on any atom is -0.490 e. The number of hydrogen-bond donors (Lipinski definition) is 2. The zero-order chi connectivity index (χ0) is 28.8. The van der Waals surface area contributed by atoms with Crippen molar-refractivity contribution in [3.05, 3.63) is 70.2 Å². The van der Waals surface area contributed by atoms with E-state index in [1.807, 2.05) is 6.92 Å². The third kappa shape index (κ3) is 5.08. The van der Waals surface area contributed by atoms with Gasteiger partial charge in [0.25, 0.3) is 0 Å². The number of anilines is 2. The van der Waals surface area contributed by atoms with Gasteiger partial charge in [0.1, 0.15) is 0 Å². The van der Waals surface area contributed by atoms with E-state index >= 15 is 4.39 Å². The molecule has 0 radical (unpaired) electrons. The topological polar surface area (TPSA) is 122 Å². The number of nitrogens with zero attached hydrogens (tertiary/aromatic N) is 4. The summed E-state index contributed by atoms with van der Waals surface area (Å²) in [6.45, 7) is 9.35. The molecule has 1 aliphatic heterocycles. The largest absolute Gasteiger partial charge is 0.490 e. The molecule has 4 aromatic rings. The molecule has 40 heavy (non-hydrogen) atoms. The highest BCUT2D eigenvalue weighted by atomic mass is 19.1. The van der Waals surface area contributed by atoms with E-state index in [1.54, 1.807) is 58.0 Å². The molecule has 5 rings (SSSR count). The van der Waals surface area contributed by atoms with Gasteiger partial charge in [-0.2, -0.15) is 5.26 Å². The number of carboxylic acids is 1. The van der Waals surface area contributed by atoms with E-state index < -0.39 is 23.5 Å². The van der Waals surface area contributed by atoms with Gasteiger partial charge in [-0.15, -0.1) is 5.10 Å². The molecular weight excluding hydrogens is 513 g/mol. The van der Waals surface area contributed by atoms with Crippen LogP contribution in [0.2, 0.25) is 0 Å². The van der Waals surface area contributed by atoms with Crippen LogP contribution in [0.4, 0.5) is 15.9 Å². The molecule has 0 amide bonds. The van der Waals surface area contributed by atoms with Gasteiger partial charge in [0.15, 0.2) is 29.1 Å². The monoisotopic (exact) mass is 543 g/mol. The highest BCUT2D eigenvalue weighted by Crippen LogP contribution is 2.41. The Bertz CT molecular complexity index is 1680. The smallest absolute Gasteiger partial charge is 0.337 e. The van der Waals surface area contributed by atoms with Crippen molar-refractivity contribution in [3.8, 4) is 23.1 Å². The van der Waals surface area contributed by atoms with Crippen molar-refractivity contribution in [2.24, 2.45) is 0 Å². The number of aromatic nitrogens is 3. The van der Waals surface area contributed by atoms with Crippen LogP contribution in [-0.2, 0) is 16.0 Å². The first-order valence-corrected chi connectivity index (χ1v) is 13.0. The van der Waals surface area contributed by atoms with Gasteiger partial charge >= 0.3 is 5.97 Å². The van der Waals surface area contributed by atoms with Crippen LogP contribution >= 0.6 is 0 Å². The molecule has 1 aliphatic rings. The molecule has 0 fully saturated rings. The lowest BCUT2D eigenvalue weighted by molar-refractivity contribution is -0.160. The van der Waals surface area contributed by atoms with Crippen molar-refractivity contribution >= 4 is 23.1 Å². The Morgan fingerprint density at radius 3 is 2.75 bits per heavy atom. The van der Waals surface area contributed by atoms with Crippen LogP contribution < -0.4 is 10.1 Å². The molecule has 2 aromatic carbocycles. The van der Waals surface area contributed by atoms with Crippen LogP contribution in [0.1, 0.15) is 61.2 Å². The maximum Gasteiger partial charge on any atom is 0.337 e. The van der Waals surface area contributed by atoms with E-state index in [4.69, 9.17) is 14.6 Å². The molecule has 3 heterocycles. The van der Waals surface area contributed by atoms with Crippen molar-refractivity contribution < 1.29 is 23.8 Å². The third-order valence-electron chi connectivity index (χ3n) is 6.74. The van der Waals surface area contributed by atoms with Crippen molar-refractivity contribution in [2.45, 2.75) is 59.2 Å². The van der Waals surface area contributed by atoms with E-state index in [1.165, 1.54) is 10.6 Å². The Balaban J connectivity index is 1.79. The number of nitriles is 1. The lowest BCUT2D eigenvalue weighted by Crippen LogP contribution is -2.29. The molecule has 1 atom stereocenters. The Hall–Kier alpha value is -4.49. The van der Waals surface area contributed by atoms with E-state index in [0.29, 0.717) is 52.7 Å². The van der Waals surface area contributed by atoms with Gasteiger partial charge in [-0.1, -0.05) is 6.07 Å². The summed E-state index contributed by atoms with van der Waals surface area (Å²) >= 11 is 0. The van der Waals surface area contributed by atoms with Gasteiger partial charge in [-0.3, -0.25) is 0 Å². The van der Waals surface area contributed by atoms with Gasteiger partial charge in [0.2, 0.25) is 0 Å². The van der Waals surface area contributed by atoms with Gasteiger partial charge in [0.05, 0.1) is 29.5 Å². The highest BCUT2D eigenvalue weighted by molar-refractivity contribution is 5.82. The average Bonchev–Trinajstić information content (AvgIpc) is 3.30. The zero-order valence-corrected chi connectivity index (χ0v) is 23.0. The second-order valence-electron chi connectivity index (χ2n) is 10.8. The lowest BCUT2D eigenvalue weighted by atomic mass is 9.91. The number of ether oxygens (including phenoxy) is 2. The molecule has 9 nitrogen and oxygen atoms in total. The number of hydrogen-bond acceptors (Lipinski definition) is 7. The maximum absolute atomic E-state index is 15.5. The summed E-state index contributed by atoms with van der Waals surface area (Å²) in [7, 11) is 0. The number of aryl methyl sites for hydroxylation is 1. The fourth-order valence-corrected chi connectivity index (χ4v) is 5.07. The van der Waals surface area contributed by atoms with Crippen molar-refractivity contribution in [1.82, 2.24) is 14.6 Å². The number of nitrogens with one attached hydrogen (secondary N) is 1.